The summed E-state index contributed by atoms with van der Waals surface area (Å²) in [6.45, 7) is 1.43. The number of halogens is 3. The molecule has 0 bridgehead atoms. The maximum Gasteiger partial charge on any atom is 0.431 e. The summed E-state index contributed by atoms with van der Waals surface area (Å²) < 4.78 is 38.2. The number of aromatic nitrogens is 1. The number of carboxylic acids is 1. The molecule has 1 heterocycles. The van der Waals surface area contributed by atoms with Gasteiger partial charge in [-0.3, -0.25) is 4.79 Å². The lowest BCUT2D eigenvalue weighted by Crippen LogP contribution is -2.31. The third-order valence-electron chi connectivity index (χ3n) is 2.14. The van der Waals surface area contributed by atoms with Crippen LogP contribution in [0.1, 0.15) is 29.4 Å². The molecular formula is C10H10F3NO3. The van der Waals surface area contributed by atoms with Gasteiger partial charge in [-0.25, -0.2) is 4.79 Å². The zero-order valence-electron chi connectivity index (χ0n) is 8.91. The highest BCUT2D eigenvalue weighted by molar-refractivity contribution is 5.87. The topological polar surface area (TPSA) is 59.3 Å². The molecule has 0 aliphatic heterocycles. The fraction of sp³-hybridized carbons (Fsp3) is 0.400. The summed E-state index contributed by atoms with van der Waals surface area (Å²) >= 11 is 0. The first-order chi connectivity index (χ1) is 7.79. The maximum atomic E-state index is 12.6. The van der Waals surface area contributed by atoms with Crippen LogP contribution in [0, 0.1) is 0 Å². The number of pyridine rings is 1. The van der Waals surface area contributed by atoms with Crippen LogP contribution in [0.25, 0.3) is 0 Å². The van der Waals surface area contributed by atoms with E-state index in [0.717, 1.165) is 0 Å². The van der Waals surface area contributed by atoms with Gasteiger partial charge in [0.25, 0.3) is 5.56 Å². The number of carboxylic acid groups (broad SMARTS) is 1. The highest BCUT2D eigenvalue weighted by Gasteiger charge is 2.35. The zero-order chi connectivity index (χ0) is 13.2. The summed E-state index contributed by atoms with van der Waals surface area (Å²) in [7, 11) is 0. The van der Waals surface area contributed by atoms with Crippen molar-refractivity contribution in [2.45, 2.75) is 26.1 Å². The van der Waals surface area contributed by atoms with E-state index in [-0.39, 0.29) is 6.54 Å². The van der Waals surface area contributed by atoms with Gasteiger partial charge in [0.05, 0.1) is 0 Å². The van der Waals surface area contributed by atoms with Gasteiger partial charge in [-0.1, -0.05) is 6.92 Å². The molecule has 7 heteroatoms. The van der Waals surface area contributed by atoms with Crippen LogP contribution in [0.2, 0.25) is 0 Å². The third-order valence-corrected chi connectivity index (χ3v) is 2.14. The van der Waals surface area contributed by atoms with E-state index in [0.29, 0.717) is 23.1 Å². The number of aromatic carboxylic acids is 1. The molecule has 0 saturated carbocycles. The van der Waals surface area contributed by atoms with E-state index in [2.05, 4.69) is 0 Å². The third kappa shape index (κ3) is 2.66. The van der Waals surface area contributed by atoms with E-state index in [1.165, 1.54) is 0 Å². The van der Waals surface area contributed by atoms with Gasteiger partial charge in [-0.05, 0) is 18.6 Å². The van der Waals surface area contributed by atoms with Gasteiger partial charge in [0.15, 0.2) is 0 Å². The summed E-state index contributed by atoms with van der Waals surface area (Å²) in [5.74, 6) is -1.53. The van der Waals surface area contributed by atoms with E-state index >= 15 is 0 Å². The Morgan fingerprint density at radius 2 is 2.00 bits per heavy atom. The molecule has 0 radical (unpaired) electrons. The standard InChI is InChI=1S/C10H10F3NO3/c1-2-5-14-7(10(11,12)13)4-3-6(8(14)15)9(16)17/h3-4H,2,5H2,1H3,(H,16,17). The van der Waals surface area contributed by atoms with Crippen molar-refractivity contribution in [3.63, 3.8) is 0 Å². The van der Waals surface area contributed by atoms with Crippen LogP contribution < -0.4 is 5.56 Å². The fourth-order valence-electron chi connectivity index (χ4n) is 1.43. The van der Waals surface area contributed by atoms with Gasteiger partial charge in [0.1, 0.15) is 11.3 Å². The zero-order valence-corrected chi connectivity index (χ0v) is 8.91. The van der Waals surface area contributed by atoms with Crippen molar-refractivity contribution in [3.8, 4) is 0 Å². The van der Waals surface area contributed by atoms with Crippen molar-refractivity contribution in [1.29, 1.82) is 0 Å². The van der Waals surface area contributed by atoms with Crippen LogP contribution in [-0.4, -0.2) is 15.6 Å². The average Bonchev–Trinajstić information content (AvgIpc) is 2.18. The Bertz CT molecular complexity index is 491. The molecule has 0 unspecified atom stereocenters. The van der Waals surface area contributed by atoms with E-state index in [4.69, 9.17) is 5.11 Å². The van der Waals surface area contributed by atoms with Crippen molar-refractivity contribution in [2.24, 2.45) is 0 Å². The Morgan fingerprint density at radius 3 is 2.41 bits per heavy atom. The number of carbonyl (C=O) groups is 1. The van der Waals surface area contributed by atoms with Gasteiger partial charge in [-0.2, -0.15) is 13.2 Å². The van der Waals surface area contributed by atoms with Gasteiger partial charge >= 0.3 is 12.1 Å². The predicted molar refractivity (Wildman–Crippen MR) is 53.0 cm³/mol. The van der Waals surface area contributed by atoms with Gasteiger partial charge < -0.3 is 9.67 Å². The number of rotatable bonds is 3. The van der Waals surface area contributed by atoms with Crippen molar-refractivity contribution >= 4 is 5.97 Å². The fourth-order valence-corrected chi connectivity index (χ4v) is 1.43. The molecule has 94 valence electrons. The van der Waals surface area contributed by atoms with Crippen LogP contribution in [0.15, 0.2) is 16.9 Å². The molecular weight excluding hydrogens is 239 g/mol. The summed E-state index contributed by atoms with van der Waals surface area (Å²) in [6.07, 6.45) is -4.38. The van der Waals surface area contributed by atoms with Crippen molar-refractivity contribution in [3.05, 3.63) is 33.7 Å². The molecule has 0 fully saturated rings. The smallest absolute Gasteiger partial charge is 0.431 e. The minimum Gasteiger partial charge on any atom is -0.477 e. The number of hydrogen-bond acceptors (Lipinski definition) is 2. The molecule has 17 heavy (non-hydrogen) atoms. The molecule has 0 aliphatic carbocycles. The highest BCUT2D eigenvalue weighted by atomic mass is 19.4. The van der Waals surface area contributed by atoms with Crippen LogP contribution in [0.4, 0.5) is 13.2 Å². The van der Waals surface area contributed by atoms with Crippen LogP contribution in [0.3, 0.4) is 0 Å². The second kappa shape index (κ2) is 4.60. The molecule has 0 aliphatic rings. The molecule has 0 aromatic carbocycles. The first-order valence-corrected chi connectivity index (χ1v) is 4.83. The van der Waals surface area contributed by atoms with Crippen molar-refractivity contribution in [1.82, 2.24) is 4.57 Å². The number of alkyl halides is 3. The lowest BCUT2D eigenvalue weighted by molar-refractivity contribution is -0.144. The second-order valence-electron chi connectivity index (χ2n) is 3.39. The molecule has 1 rings (SSSR count). The summed E-state index contributed by atoms with van der Waals surface area (Å²) in [4.78, 5) is 22.2. The summed E-state index contributed by atoms with van der Waals surface area (Å²) in [5, 5.41) is 8.66. The lowest BCUT2D eigenvalue weighted by atomic mass is 10.2. The molecule has 0 spiro atoms. The molecule has 0 atom stereocenters. The Morgan fingerprint density at radius 1 is 1.41 bits per heavy atom. The summed E-state index contributed by atoms with van der Waals surface area (Å²) in [5.41, 5.74) is -2.92. The quantitative estimate of drug-likeness (QED) is 0.890. The van der Waals surface area contributed by atoms with Gasteiger partial charge in [0, 0.05) is 6.54 Å². The predicted octanol–water partition coefficient (Wildman–Crippen LogP) is 1.98. The van der Waals surface area contributed by atoms with E-state index < -0.39 is 29.0 Å². The van der Waals surface area contributed by atoms with Crippen LogP contribution >= 0.6 is 0 Å². The SMILES string of the molecule is CCCn1c(C(F)(F)F)ccc(C(=O)O)c1=O. The van der Waals surface area contributed by atoms with E-state index in [1.54, 1.807) is 6.92 Å². The Hall–Kier alpha value is -1.79. The molecule has 0 amide bonds. The van der Waals surface area contributed by atoms with Gasteiger partial charge in [0.2, 0.25) is 0 Å². The molecule has 1 N–H and O–H groups in total. The van der Waals surface area contributed by atoms with E-state index in [1.807, 2.05) is 0 Å². The van der Waals surface area contributed by atoms with Gasteiger partial charge in [-0.15, -0.1) is 0 Å². The maximum absolute atomic E-state index is 12.6. The van der Waals surface area contributed by atoms with Crippen molar-refractivity contribution in [2.75, 3.05) is 0 Å². The first kappa shape index (κ1) is 13.3. The largest absolute Gasteiger partial charge is 0.477 e. The van der Waals surface area contributed by atoms with E-state index in [9.17, 15) is 22.8 Å². The second-order valence-corrected chi connectivity index (χ2v) is 3.39. The lowest BCUT2D eigenvalue weighted by Gasteiger charge is -2.15. The molecule has 4 nitrogen and oxygen atoms in total. The van der Waals surface area contributed by atoms with Crippen LogP contribution in [-0.2, 0) is 12.7 Å². The Balaban J connectivity index is 3.51. The Kier molecular flexibility index (Phi) is 3.59. The minimum absolute atomic E-state index is 0.172. The number of hydrogen-bond donors (Lipinski definition) is 1. The summed E-state index contributed by atoms with van der Waals surface area (Å²) in [6, 6.07) is 1.29. The van der Waals surface area contributed by atoms with Crippen LogP contribution in [0.5, 0.6) is 0 Å². The Labute approximate surface area is 94.3 Å². The monoisotopic (exact) mass is 249 g/mol. The number of nitrogens with zero attached hydrogens (tertiary/aromatic N) is 1. The molecule has 1 aromatic heterocycles. The minimum atomic E-state index is -4.68. The molecule has 0 saturated heterocycles. The average molecular weight is 249 g/mol. The molecule has 1 aromatic rings. The van der Waals surface area contributed by atoms with Crippen molar-refractivity contribution < 1.29 is 23.1 Å². The normalized spacial score (nSPS) is 11.5. The first-order valence-electron chi connectivity index (χ1n) is 4.83. The highest BCUT2D eigenvalue weighted by Crippen LogP contribution is 2.28.